The van der Waals surface area contributed by atoms with Gasteiger partial charge in [-0.05, 0) is 19.3 Å². The number of amides is 1. The zero-order valence-corrected chi connectivity index (χ0v) is 14.0. The van der Waals surface area contributed by atoms with E-state index >= 15 is 0 Å². The number of rotatable bonds is 13. The van der Waals surface area contributed by atoms with Gasteiger partial charge >= 0.3 is 0 Å². The second kappa shape index (κ2) is 11.0. The van der Waals surface area contributed by atoms with E-state index in [-0.39, 0.29) is 31.1 Å². The Labute approximate surface area is 136 Å². The Morgan fingerprint density at radius 1 is 1.04 bits per heavy atom. The quantitative estimate of drug-likeness (QED) is 0.301. The SMILES string of the molecule is CC(C)CC(N)C(=O)CN[C@@H](C)C(=O)CNC(C=O)CC(N)=O. The molecule has 0 fully saturated rings. The predicted octanol–water partition coefficient (Wildman–Crippen LogP) is -1.49. The second-order valence-corrected chi connectivity index (χ2v) is 6.07. The molecule has 0 heterocycles. The summed E-state index contributed by atoms with van der Waals surface area (Å²) in [5.41, 5.74) is 10.8. The average molecular weight is 328 g/mol. The second-order valence-electron chi connectivity index (χ2n) is 6.07. The number of nitrogens with one attached hydrogen (secondary N) is 2. The van der Waals surface area contributed by atoms with Crippen LogP contribution in [0.2, 0.25) is 0 Å². The Morgan fingerprint density at radius 3 is 2.09 bits per heavy atom. The fourth-order valence-corrected chi connectivity index (χ4v) is 1.91. The Balaban J connectivity index is 4.17. The van der Waals surface area contributed by atoms with E-state index < -0.39 is 24.0 Å². The lowest BCUT2D eigenvalue weighted by Gasteiger charge is -2.17. The van der Waals surface area contributed by atoms with Gasteiger partial charge in [0.25, 0.3) is 0 Å². The normalized spacial score (nSPS) is 15.0. The van der Waals surface area contributed by atoms with E-state index in [1.54, 1.807) is 6.92 Å². The van der Waals surface area contributed by atoms with Crippen LogP contribution in [0.3, 0.4) is 0 Å². The topological polar surface area (TPSA) is 144 Å². The molecule has 8 nitrogen and oxygen atoms in total. The van der Waals surface area contributed by atoms with Crippen molar-refractivity contribution in [3.63, 3.8) is 0 Å². The molecule has 0 aliphatic heterocycles. The summed E-state index contributed by atoms with van der Waals surface area (Å²) in [5.74, 6) is -0.682. The minimum absolute atomic E-state index is 0.0131. The third-order valence-electron chi connectivity index (χ3n) is 3.33. The van der Waals surface area contributed by atoms with Crippen LogP contribution in [0.4, 0.5) is 0 Å². The molecule has 0 aliphatic carbocycles. The lowest BCUT2D eigenvalue weighted by atomic mass is 10.0. The highest BCUT2D eigenvalue weighted by atomic mass is 16.1. The summed E-state index contributed by atoms with van der Waals surface area (Å²) >= 11 is 0. The van der Waals surface area contributed by atoms with Crippen LogP contribution in [-0.4, -0.2) is 55.0 Å². The first-order valence-corrected chi connectivity index (χ1v) is 7.68. The van der Waals surface area contributed by atoms with Gasteiger partial charge in [-0.15, -0.1) is 0 Å². The molecule has 2 unspecified atom stereocenters. The third-order valence-corrected chi connectivity index (χ3v) is 3.33. The minimum atomic E-state index is -0.787. The maximum absolute atomic E-state index is 11.9. The van der Waals surface area contributed by atoms with Crippen LogP contribution in [0.25, 0.3) is 0 Å². The van der Waals surface area contributed by atoms with Gasteiger partial charge in [-0.2, -0.15) is 0 Å². The lowest BCUT2D eigenvalue weighted by molar-refractivity contribution is -0.123. The number of hydrogen-bond acceptors (Lipinski definition) is 7. The molecule has 0 aromatic heterocycles. The van der Waals surface area contributed by atoms with Crippen LogP contribution >= 0.6 is 0 Å². The van der Waals surface area contributed by atoms with E-state index in [1.165, 1.54) is 0 Å². The van der Waals surface area contributed by atoms with Crippen LogP contribution in [0.5, 0.6) is 0 Å². The first-order chi connectivity index (χ1) is 10.7. The summed E-state index contributed by atoms with van der Waals surface area (Å²) in [4.78, 5) is 45.2. The number of aldehydes is 1. The number of carbonyl (C=O) groups is 4. The van der Waals surface area contributed by atoms with Gasteiger partial charge in [-0.3, -0.25) is 14.4 Å². The molecule has 6 N–H and O–H groups in total. The molecule has 0 rings (SSSR count). The number of primary amides is 1. The van der Waals surface area contributed by atoms with Gasteiger partial charge in [0.15, 0.2) is 11.6 Å². The van der Waals surface area contributed by atoms with Crippen molar-refractivity contribution in [1.82, 2.24) is 10.6 Å². The molecular formula is C15H28N4O4. The molecule has 0 aliphatic rings. The molecule has 0 spiro atoms. The predicted molar refractivity (Wildman–Crippen MR) is 86.6 cm³/mol. The molecule has 3 atom stereocenters. The molecule has 0 aromatic rings. The molecule has 8 heteroatoms. The third kappa shape index (κ3) is 9.88. The van der Waals surface area contributed by atoms with Crippen LogP contribution in [0.1, 0.15) is 33.6 Å². The summed E-state index contributed by atoms with van der Waals surface area (Å²) in [6.07, 6.45) is 0.963. The van der Waals surface area contributed by atoms with E-state index in [0.29, 0.717) is 18.6 Å². The highest BCUT2D eigenvalue weighted by Crippen LogP contribution is 2.03. The number of ketones is 2. The van der Waals surface area contributed by atoms with Crippen molar-refractivity contribution in [2.45, 2.75) is 51.7 Å². The smallest absolute Gasteiger partial charge is 0.219 e. The standard InChI is InChI=1S/C15H28N4O4/c1-9(2)4-12(16)14(22)7-18-10(3)13(21)6-19-11(8-20)5-15(17)23/h8-12,18-19H,4-7,16H2,1-3H3,(H2,17,23)/t10-,11?,12?/m0/s1. The van der Waals surface area contributed by atoms with Crippen molar-refractivity contribution >= 4 is 23.8 Å². The van der Waals surface area contributed by atoms with Gasteiger partial charge in [-0.25, -0.2) is 0 Å². The van der Waals surface area contributed by atoms with E-state index in [1.807, 2.05) is 13.8 Å². The Hall–Kier alpha value is -1.64. The summed E-state index contributed by atoms with van der Waals surface area (Å²) in [6.45, 7) is 5.49. The maximum atomic E-state index is 11.9. The molecule has 0 bridgehead atoms. The van der Waals surface area contributed by atoms with Gasteiger partial charge in [0, 0.05) is 6.42 Å². The zero-order valence-electron chi connectivity index (χ0n) is 14.0. The van der Waals surface area contributed by atoms with Crippen molar-refractivity contribution < 1.29 is 19.2 Å². The van der Waals surface area contributed by atoms with Crippen LogP contribution in [0, 0.1) is 5.92 Å². The van der Waals surface area contributed by atoms with E-state index in [4.69, 9.17) is 11.5 Å². The van der Waals surface area contributed by atoms with Gasteiger partial charge < -0.3 is 26.9 Å². The van der Waals surface area contributed by atoms with Crippen molar-refractivity contribution in [3.05, 3.63) is 0 Å². The molecule has 0 saturated heterocycles. The van der Waals surface area contributed by atoms with Gasteiger partial charge in [-0.1, -0.05) is 13.8 Å². The van der Waals surface area contributed by atoms with Crippen molar-refractivity contribution in [1.29, 1.82) is 0 Å². The van der Waals surface area contributed by atoms with Gasteiger partial charge in [0.05, 0.1) is 31.2 Å². The van der Waals surface area contributed by atoms with Crippen LogP contribution in [0.15, 0.2) is 0 Å². The lowest BCUT2D eigenvalue weighted by Crippen LogP contribution is -2.47. The monoisotopic (exact) mass is 328 g/mol. The number of carbonyl (C=O) groups excluding carboxylic acids is 4. The number of nitrogens with two attached hydrogens (primary N) is 2. The zero-order chi connectivity index (χ0) is 18.0. The fourth-order valence-electron chi connectivity index (χ4n) is 1.91. The average Bonchev–Trinajstić information content (AvgIpc) is 2.46. The largest absolute Gasteiger partial charge is 0.370 e. The highest BCUT2D eigenvalue weighted by molar-refractivity contribution is 5.89. The van der Waals surface area contributed by atoms with E-state index in [2.05, 4.69) is 10.6 Å². The summed E-state index contributed by atoms with van der Waals surface area (Å²) < 4.78 is 0. The van der Waals surface area contributed by atoms with Gasteiger partial charge in [0.2, 0.25) is 5.91 Å². The molecule has 0 aromatic carbocycles. The first-order valence-electron chi connectivity index (χ1n) is 7.68. The first kappa shape index (κ1) is 21.4. The minimum Gasteiger partial charge on any atom is -0.370 e. The Morgan fingerprint density at radius 2 is 1.61 bits per heavy atom. The summed E-state index contributed by atoms with van der Waals surface area (Å²) in [6, 6.07) is -1.90. The molecular weight excluding hydrogens is 300 g/mol. The number of hydrogen-bond donors (Lipinski definition) is 4. The van der Waals surface area contributed by atoms with E-state index in [0.717, 1.165) is 0 Å². The van der Waals surface area contributed by atoms with E-state index in [9.17, 15) is 19.2 Å². The molecule has 0 radical (unpaired) electrons. The molecule has 23 heavy (non-hydrogen) atoms. The van der Waals surface area contributed by atoms with Crippen LogP contribution in [-0.2, 0) is 19.2 Å². The molecule has 132 valence electrons. The molecule has 1 amide bonds. The molecule has 0 saturated carbocycles. The van der Waals surface area contributed by atoms with Crippen molar-refractivity contribution in [3.8, 4) is 0 Å². The fraction of sp³-hybridized carbons (Fsp3) is 0.733. The van der Waals surface area contributed by atoms with Crippen molar-refractivity contribution in [2.75, 3.05) is 13.1 Å². The Bertz CT molecular complexity index is 426. The number of Topliss-reactive ketones (excluding diaryl/α,β-unsaturated/α-hetero) is 2. The Kier molecular flexibility index (Phi) is 10.2. The summed E-state index contributed by atoms with van der Waals surface area (Å²) in [5, 5.41) is 5.47. The van der Waals surface area contributed by atoms with Crippen LogP contribution < -0.4 is 22.1 Å². The highest BCUT2D eigenvalue weighted by Gasteiger charge is 2.19. The van der Waals surface area contributed by atoms with Gasteiger partial charge in [0.1, 0.15) is 6.29 Å². The maximum Gasteiger partial charge on any atom is 0.219 e. The summed E-state index contributed by atoms with van der Waals surface area (Å²) in [7, 11) is 0. The van der Waals surface area contributed by atoms with Crippen molar-refractivity contribution in [2.24, 2.45) is 17.4 Å².